The van der Waals surface area contributed by atoms with E-state index in [4.69, 9.17) is 0 Å². The van der Waals surface area contributed by atoms with E-state index < -0.39 is 0 Å². The third kappa shape index (κ3) is 1.67. The Bertz CT molecular complexity index is 321. The van der Waals surface area contributed by atoms with Gasteiger partial charge in [-0.2, -0.15) is 0 Å². The Morgan fingerprint density at radius 2 is 2.00 bits per heavy atom. The van der Waals surface area contributed by atoms with Crippen molar-refractivity contribution in [2.75, 3.05) is 0 Å². The second kappa shape index (κ2) is 3.78. The van der Waals surface area contributed by atoms with Crippen molar-refractivity contribution in [3.8, 4) is 0 Å². The summed E-state index contributed by atoms with van der Waals surface area (Å²) in [6, 6.07) is 6.69. The van der Waals surface area contributed by atoms with Crippen LogP contribution in [0.4, 0.5) is 0 Å². The lowest BCUT2D eigenvalue weighted by Crippen LogP contribution is -2.03. The van der Waals surface area contributed by atoms with Gasteiger partial charge in [0.2, 0.25) is 0 Å². The summed E-state index contributed by atoms with van der Waals surface area (Å²) < 4.78 is 0. The number of hydrogen-bond donors (Lipinski definition) is 0. The minimum atomic E-state index is 1.27. The standard InChI is InChI=1S/C13H16/c1-2-6-11-8-5-9-12-7-3-4-10-13(11)12/h2,5-6,8-9H,3-4,7,10H2,1H3. The molecule has 0 aliphatic heterocycles. The van der Waals surface area contributed by atoms with Crippen molar-refractivity contribution in [3.63, 3.8) is 0 Å². The Balaban J connectivity index is 2.45. The molecule has 0 N–H and O–H groups in total. The molecule has 2 rings (SSSR count). The van der Waals surface area contributed by atoms with Crippen molar-refractivity contribution in [2.24, 2.45) is 0 Å². The van der Waals surface area contributed by atoms with Crippen molar-refractivity contribution in [1.82, 2.24) is 0 Å². The maximum atomic E-state index is 2.28. The van der Waals surface area contributed by atoms with Crippen LogP contribution in [0.2, 0.25) is 0 Å². The van der Waals surface area contributed by atoms with Crippen LogP contribution in [0.1, 0.15) is 36.5 Å². The number of aryl methyl sites for hydroxylation is 1. The third-order valence-electron chi connectivity index (χ3n) is 2.78. The first-order valence-corrected chi connectivity index (χ1v) is 5.15. The Morgan fingerprint density at radius 3 is 2.85 bits per heavy atom. The van der Waals surface area contributed by atoms with Crippen LogP contribution >= 0.6 is 0 Å². The third-order valence-corrected chi connectivity index (χ3v) is 2.78. The summed E-state index contributed by atoms with van der Waals surface area (Å²) in [6.07, 6.45) is 9.64. The summed E-state index contributed by atoms with van der Waals surface area (Å²) in [5, 5.41) is 0. The minimum absolute atomic E-state index is 1.27. The minimum Gasteiger partial charge on any atom is -0.0871 e. The van der Waals surface area contributed by atoms with E-state index in [-0.39, 0.29) is 0 Å². The predicted octanol–water partition coefficient (Wildman–Crippen LogP) is 3.60. The average molecular weight is 172 g/mol. The van der Waals surface area contributed by atoms with Gasteiger partial charge in [0.15, 0.2) is 0 Å². The molecule has 0 atom stereocenters. The Kier molecular flexibility index (Phi) is 2.49. The molecule has 1 aromatic carbocycles. The lowest BCUT2D eigenvalue weighted by atomic mass is 9.88. The van der Waals surface area contributed by atoms with Crippen LogP contribution in [0, 0.1) is 0 Å². The van der Waals surface area contributed by atoms with E-state index in [0.717, 1.165) is 0 Å². The lowest BCUT2D eigenvalue weighted by Gasteiger charge is -2.17. The van der Waals surface area contributed by atoms with E-state index in [1.165, 1.54) is 31.2 Å². The highest BCUT2D eigenvalue weighted by molar-refractivity contribution is 5.56. The molecule has 1 aromatic rings. The Morgan fingerprint density at radius 1 is 1.15 bits per heavy atom. The van der Waals surface area contributed by atoms with Gasteiger partial charge in [-0.05, 0) is 49.3 Å². The van der Waals surface area contributed by atoms with Gasteiger partial charge in [0.05, 0.1) is 0 Å². The molecule has 0 spiro atoms. The van der Waals surface area contributed by atoms with Crippen molar-refractivity contribution in [1.29, 1.82) is 0 Å². The van der Waals surface area contributed by atoms with Gasteiger partial charge in [-0.15, -0.1) is 0 Å². The van der Waals surface area contributed by atoms with Crippen molar-refractivity contribution >= 4 is 6.08 Å². The van der Waals surface area contributed by atoms with Crippen LogP contribution in [0.15, 0.2) is 24.3 Å². The van der Waals surface area contributed by atoms with Gasteiger partial charge < -0.3 is 0 Å². The van der Waals surface area contributed by atoms with Crippen LogP contribution in [-0.2, 0) is 12.8 Å². The lowest BCUT2D eigenvalue weighted by molar-refractivity contribution is 0.684. The number of allylic oxidation sites excluding steroid dienone is 1. The number of benzene rings is 1. The molecule has 1 aliphatic carbocycles. The summed E-state index contributed by atoms with van der Waals surface area (Å²) in [5.41, 5.74) is 4.59. The fraction of sp³-hybridized carbons (Fsp3) is 0.385. The molecule has 0 unspecified atom stereocenters. The zero-order valence-corrected chi connectivity index (χ0v) is 8.22. The van der Waals surface area contributed by atoms with Crippen LogP contribution in [0.5, 0.6) is 0 Å². The van der Waals surface area contributed by atoms with E-state index >= 15 is 0 Å². The highest BCUT2D eigenvalue weighted by Gasteiger charge is 2.10. The van der Waals surface area contributed by atoms with E-state index in [9.17, 15) is 0 Å². The second-order valence-electron chi connectivity index (χ2n) is 3.69. The first kappa shape index (κ1) is 8.55. The fourth-order valence-corrected chi connectivity index (χ4v) is 2.15. The predicted molar refractivity (Wildman–Crippen MR) is 57.8 cm³/mol. The molecule has 1 aliphatic rings. The first-order chi connectivity index (χ1) is 6.42. The molecular formula is C13H16. The molecule has 0 aromatic heterocycles. The average Bonchev–Trinajstić information content (AvgIpc) is 2.19. The van der Waals surface area contributed by atoms with E-state index in [0.29, 0.717) is 0 Å². The van der Waals surface area contributed by atoms with E-state index in [2.05, 4.69) is 37.3 Å². The van der Waals surface area contributed by atoms with Crippen LogP contribution in [0.25, 0.3) is 6.08 Å². The summed E-state index contributed by atoms with van der Waals surface area (Å²) >= 11 is 0. The maximum absolute atomic E-state index is 2.28. The number of hydrogen-bond acceptors (Lipinski definition) is 0. The molecule has 68 valence electrons. The monoisotopic (exact) mass is 172 g/mol. The molecular weight excluding hydrogens is 156 g/mol. The molecule has 13 heavy (non-hydrogen) atoms. The summed E-state index contributed by atoms with van der Waals surface area (Å²) in [4.78, 5) is 0. The van der Waals surface area contributed by atoms with Crippen LogP contribution in [0.3, 0.4) is 0 Å². The molecule has 0 heteroatoms. The van der Waals surface area contributed by atoms with Crippen LogP contribution < -0.4 is 0 Å². The molecule has 0 nitrogen and oxygen atoms in total. The van der Waals surface area contributed by atoms with Crippen LogP contribution in [-0.4, -0.2) is 0 Å². The normalized spacial score (nSPS) is 16.1. The zero-order valence-electron chi connectivity index (χ0n) is 8.22. The van der Waals surface area contributed by atoms with E-state index in [1.807, 2.05) is 0 Å². The molecule has 0 radical (unpaired) electrons. The molecule has 0 saturated heterocycles. The SMILES string of the molecule is CC=Cc1cccc2c1CCCC2. The molecule has 0 bridgehead atoms. The van der Waals surface area contributed by atoms with Gasteiger partial charge in [0.25, 0.3) is 0 Å². The quantitative estimate of drug-likeness (QED) is 0.607. The Labute approximate surface area is 80.3 Å². The largest absolute Gasteiger partial charge is 0.0871 e. The number of rotatable bonds is 1. The van der Waals surface area contributed by atoms with Gasteiger partial charge in [-0.3, -0.25) is 0 Å². The van der Waals surface area contributed by atoms with Gasteiger partial charge in [0, 0.05) is 0 Å². The summed E-state index contributed by atoms with van der Waals surface area (Å²) in [5.74, 6) is 0. The van der Waals surface area contributed by atoms with Gasteiger partial charge in [-0.25, -0.2) is 0 Å². The van der Waals surface area contributed by atoms with Crippen molar-refractivity contribution in [2.45, 2.75) is 32.6 Å². The second-order valence-corrected chi connectivity index (χ2v) is 3.69. The zero-order chi connectivity index (χ0) is 9.10. The number of fused-ring (bicyclic) bond motifs is 1. The highest BCUT2D eigenvalue weighted by Crippen LogP contribution is 2.25. The highest BCUT2D eigenvalue weighted by atomic mass is 14.2. The topological polar surface area (TPSA) is 0 Å². The van der Waals surface area contributed by atoms with Gasteiger partial charge in [0.1, 0.15) is 0 Å². The molecule has 0 amide bonds. The van der Waals surface area contributed by atoms with E-state index in [1.54, 1.807) is 11.1 Å². The Hall–Kier alpha value is -1.04. The summed E-state index contributed by atoms with van der Waals surface area (Å²) in [7, 11) is 0. The molecule has 0 saturated carbocycles. The van der Waals surface area contributed by atoms with Gasteiger partial charge in [-0.1, -0.05) is 30.4 Å². The molecule has 0 heterocycles. The van der Waals surface area contributed by atoms with Crippen molar-refractivity contribution < 1.29 is 0 Å². The fourth-order valence-electron chi connectivity index (χ4n) is 2.15. The molecule has 0 fully saturated rings. The summed E-state index contributed by atoms with van der Waals surface area (Å²) in [6.45, 7) is 2.09. The smallest absolute Gasteiger partial charge is 0.0225 e. The first-order valence-electron chi connectivity index (χ1n) is 5.15. The van der Waals surface area contributed by atoms with Crippen molar-refractivity contribution in [3.05, 3.63) is 41.0 Å². The van der Waals surface area contributed by atoms with Gasteiger partial charge >= 0.3 is 0 Å². The maximum Gasteiger partial charge on any atom is -0.0225 e.